The van der Waals surface area contributed by atoms with Crippen LogP contribution in [0.4, 0.5) is 10.1 Å². The zero-order valence-electron chi connectivity index (χ0n) is 18.4. The van der Waals surface area contributed by atoms with Gasteiger partial charge in [0, 0.05) is 24.3 Å². The SMILES string of the molecule is CCn1nc(C)c(CCN=C(NC(=O)c2cccc(C)c2)Nc2ccccc2F)c1C. The van der Waals surface area contributed by atoms with Gasteiger partial charge in [0.25, 0.3) is 5.91 Å². The number of nitrogens with zero attached hydrogens (tertiary/aromatic N) is 3. The number of benzene rings is 2. The Kier molecular flexibility index (Phi) is 7.18. The molecular formula is C24H28FN5O. The second-order valence-electron chi connectivity index (χ2n) is 7.37. The van der Waals surface area contributed by atoms with E-state index in [1.54, 1.807) is 30.3 Å². The van der Waals surface area contributed by atoms with Gasteiger partial charge in [-0.05, 0) is 63.9 Å². The molecule has 1 amide bonds. The number of carbonyl (C=O) groups excluding carboxylic acids is 1. The van der Waals surface area contributed by atoms with E-state index < -0.39 is 5.82 Å². The Bertz CT molecular complexity index is 1100. The summed E-state index contributed by atoms with van der Waals surface area (Å²) in [6.45, 7) is 9.23. The van der Waals surface area contributed by atoms with Crippen molar-refractivity contribution in [3.63, 3.8) is 0 Å². The minimum absolute atomic E-state index is 0.204. The summed E-state index contributed by atoms with van der Waals surface area (Å²) in [4.78, 5) is 17.3. The largest absolute Gasteiger partial charge is 0.323 e. The quantitative estimate of drug-likeness (QED) is 0.458. The van der Waals surface area contributed by atoms with Gasteiger partial charge in [-0.1, -0.05) is 29.8 Å². The van der Waals surface area contributed by atoms with Gasteiger partial charge in [0.2, 0.25) is 5.96 Å². The average molecular weight is 422 g/mol. The van der Waals surface area contributed by atoms with Crippen LogP contribution in [0, 0.1) is 26.6 Å². The summed E-state index contributed by atoms with van der Waals surface area (Å²) in [5.41, 5.74) is 4.97. The van der Waals surface area contributed by atoms with E-state index in [-0.39, 0.29) is 17.6 Å². The first-order valence-electron chi connectivity index (χ1n) is 10.4. The van der Waals surface area contributed by atoms with Gasteiger partial charge in [0.05, 0.1) is 11.4 Å². The van der Waals surface area contributed by atoms with E-state index in [0.29, 0.717) is 18.5 Å². The summed E-state index contributed by atoms with van der Waals surface area (Å²) in [6, 6.07) is 13.6. The van der Waals surface area contributed by atoms with Crippen LogP contribution in [0.3, 0.4) is 0 Å². The topological polar surface area (TPSA) is 71.3 Å². The van der Waals surface area contributed by atoms with E-state index in [1.807, 2.05) is 37.6 Å². The summed E-state index contributed by atoms with van der Waals surface area (Å²) in [5, 5.41) is 10.2. The third-order valence-corrected chi connectivity index (χ3v) is 5.10. The molecule has 0 aliphatic heterocycles. The number of halogens is 1. The molecule has 0 bridgehead atoms. The van der Waals surface area contributed by atoms with Crippen LogP contribution in [-0.2, 0) is 13.0 Å². The van der Waals surface area contributed by atoms with Crippen molar-refractivity contribution in [1.29, 1.82) is 0 Å². The van der Waals surface area contributed by atoms with Crippen LogP contribution in [0.1, 0.15) is 39.8 Å². The number of aryl methyl sites for hydroxylation is 3. The second kappa shape index (κ2) is 10.0. The number of aliphatic imine (C=N–C) groups is 1. The normalized spacial score (nSPS) is 11.5. The summed E-state index contributed by atoms with van der Waals surface area (Å²) in [7, 11) is 0. The minimum atomic E-state index is -0.420. The standard InChI is InChI=1S/C24H28FN5O/c1-5-30-18(4)20(17(3)29-30)13-14-26-24(27-22-12-7-6-11-21(22)25)28-23(31)19-10-8-9-16(2)15-19/h6-12,15H,5,13-14H2,1-4H3,(H2,26,27,28,31). The fraction of sp³-hybridized carbons (Fsp3) is 0.292. The summed E-state index contributed by atoms with van der Waals surface area (Å²) < 4.78 is 16.1. The highest BCUT2D eigenvalue weighted by atomic mass is 19.1. The van der Waals surface area contributed by atoms with Gasteiger partial charge in [-0.25, -0.2) is 4.39 Å². The lowest BCUT2D eigenvalue weighted by atomic mass is 10.1. The van der Waals surface area contributed by atoms with Crippen LogP contribution in [0.2, 0.25) is 0 Å². The van der Waals surface area contributed by atoms with E-state index in [2.05, 4.69) is 27.6 Å². The highest BCUT2D eigenvalue weighted by Crippen LogP contribution is 2.15. The first-order valence-corrected chi connectivity index (χ1v) is 10.4. The number of aromatic nitrogens is 2. The summed E-state index contributed by atoms with van der Waals surface area (Å²) in [6.07, 6.45) is 0.667. The number of hydrogen-bond acceptors (Lipinski definition) is 3. The van der Waals surface area contributed by atoms with Crippen LogP contribution < -0.4 is 10.6 Å². The predicted molar refractivity (Wildman–Crippen MR) is 122 cm³/mol. The van der Waals surface area contributed by atoms with Crippen molar-refractivity contribution in [3.05, 3.63) is 82.4 Å². The van der Waals surface area contributed by atoms with Crippen LogP contribution in [0.5, 0.6) is 0 Å². The third-order valence-electron chi connectivity index (χ3n) is 5.10. The lowest BCUT2D eigenvalue weighted by Crippen LogP contribution is -2.36. The molecule has 0 aliphatic rings. The maximum Gasteiger partial charge on any atom is 0.257 e. The van der Waals surface area contributed by atoms with Crippen LogP contribution in [0.25, 0.3) is 0 Å². The molecule has 6 nitrogen and oxygen atoms in total. The number of nitrogens with one attached hydrogen (secondary N) is 2. The molecule has 2 N–H and O–H groups in total. The first-order chi connectivity index (χ1) is 14.9. The van der Waals surface area contributed by atoms with Crippen molar-refractivity contribution >= 4 is 17.6 Å². The number of para-hydroxylation sites is 1. The van der Waals surface area contributed by atoms with Crippen molar-refractivity contribution in [2.24, 2.45) is 4.99 Å². The molecule has 0 spiro atoms. The van der Waals surface area contributed by atoms with Gasteiger partial charge in [-0.15, -0.1) is 0 Å². The maximum absolute atomic E-state index is 14.2. The van der Waals surface area contributed by atoms with E-state index in [0.717, 1.165) is 29.1 Å². The molecule has 0 atom stereocenters. The smallest absolute Gasteiger partial charge is 0.257 e. The summed E-state index contributed by atoms with van der Waals surface area (Å²) in [5.74, 6) is -0.525. The molecule has 3 aromatic rings. The van der Waals surface area contributed by atoms with Crippen LogP contribution in [-0.4, -0.2) is 28.2 Å². The van der Waals surface area contributed by atoms with Gasteiger partial charge < -0.3 is 5.32 Å². The molecule has 162 valence electrons. The Morgan fingerprint density at radius 3 is 2.58 bits per heavy atom. The molecule has 0 unspecified atom stereocenters. The number of anilines is 1. The fourth-order valence-corrected chi connectivity index (χ4v) is 3.45. The van der Waals surface area contributed by atoms with E-state index >= 15 is 0 Å². The number of amides is 1. The molecule has 0 radical (unpaired) electrons. The van der Waals surface area contributed by atoms with Gasteiger partial charge in [0.1, 0.15) is 5.82 Å². The average Bonchev–Trinajstić information content (AvgIpc) is 3.02. The minimum Gasteiger partial charge on any atom is -0.323 e. The predicted octanol–water partition coefficient (Wildman–Crippen LogP) is 4.41. The maximum atomic E-state index is 14.2. The van der Waals surface area contributed by atoms with Crippen molar-refractivity contribution in [1.82, 2.24) is 15.1 Å². The number of carbonyl (C=O) groups is 1. The molecule has 3 rings (SSSR count). The lowest BCUT2D eigenvalue weighted by Gasteiger charge is -2.13. The van der Waals surface area contributed by atoms with Crippen molar-refractivity contribution in [3.8, 4) is 0 Å². The van der Waals surface area contributed by atoms with Gasteiger partial charge in [0.15, 0.2) is 0 Å². The molecule has 2 aromatic carbocycles. The number of guanidine groups is 1. The van der Waals surface area contributed by atoms with Crippen LogP contribution >= 0.6 is 0 Å². The molecule has 0 fully saturated rings. The van der Waals surface area contributed by atoms with E-state index in [4.69, 9.17) is 0 Å². The van der Waals surface area contributed by atoms with Crippen LogP contribution in [0.15, 0.2) is 53.5 Å². The lowest BCUT2D eigenvalue weighted by molar-refractivity contribution is 0.0977. The zero-order valence-corrected chi connectivity index (χ0v) is 18.4. The molecule has 1 heterocycles. The van der Waals surface area contributed by atoms with Crippen molar-refractivity contribution in [2.75, 3.05) is 11.9 Å². The fourth-order valence-electron chi connectivity index (χ4n) is 3.45. The Balaban J connectivity index is 1.80. The zero-order chi connectivity index (χ0) is 22.4. The molecule has 0 saturated heterocycles. The number of hydrogen-bond donors (Lipinski definition) is 2. The Morgan fingerprint density at radius 1 is 1.13 bits per heavy atom. The Labute approximate surface area is 182 Å². The monoisotopic (exact) mass is 421 g/mol. The van der Waals surface area contributed by atoms with E-state index in [1.165, 1.54) is 6.07 Å². The number of rotatable bonds is 6. The van der Waals surface area contributed by atoms with Crippen molar-refractivity contribution < 1.29 is 9.18 Å². The van der Waals surface area contributed by atoms with Gasteiger partial charge in [-0.3, -0.25) is 19.8 Å². The molecule has 0 aliphatic carbocycles. The second-order valence-corrected chi connectivity index (χ2v) is 7.37. The summed E-state index contributed by atoms with van der Waals surface area (Å²) >= 11 is 0. The van der Waals surface area contributed by atoms with E-state index in [9.17, 15) is 9.18 Å². The van der Waals surface area contributed by atoms with Crippen molar-refractivity contribution in [2.45, 2.75) is 40.7 Å². The van der Waals surface area contributed by atoms with Gasteiger partial charge in [-0.2, -0.15) is 5.10 Å². The Hall–Kier alpha value is -3.48. The highest BCUT2D eigenvalue weighted by molar-refractivity contribution is 6.10. The third kappa shape index (κ3) is 5.57. The molecule has 31 heavy (non-hydrogen) atoms. The molecule has 7 heteroatoms. The highest BCUT2D eigenvalue weighted by Gasteiger charge is 2.13. The molecular weight excluding hydrogens is 393 g/mol. The van der Waals surface area contributed by atoms with Gasteiger partial charge >= 0.3 is 0 Å². The molecule has 1 aromatic heterocycles. The Morgan fingerprint density at radius 2 is 1.90 bits per heavy atom. The molecule has 0 saturated carbocycles. The first kappa shape index (κ1) is 22.2.